The summed E-state index contributed by atoms with van der Waals surface area (Å²) in [5.74, 6) is -2.90. The number of carbonyl (C=O) groups is 2. The highest BCUT2D eigenvalue weighted by molar-refractivity contribution is 7.89. The Morgan fingerprint density at radius 2 is 1.82 bits per heavy atom. The van der Waals surface area contributed by atoms with Crippen molar-refractivity contribution in [2.24, 2.45) is 0 Å². The molecule has 9 nitrogen and oxygen atoms in total. The molecule has 1 heterocycles. The highest BCUT2D eigenvalue weighted by Crippen LogP contribution is 2.11. The Morgan fingerprint density at radius 1 is 1.29 bits per heavy atom. The number of hydrogen-bond acceptors (Lipinski definition) is 5. The van der Waals surface area contributed by atoms with Crippen LogP contribution in [0.5, 0.6) is 0 Å². The molecular formula is C7H9N3O6S. The summed E-state index contributed by atoms with van der Waals surface area (Å²) in [6, 6.07) is 1.10. The molecule has 0 saturated heterocycles. The van der Waals surface area contributed by atoms with Crippen molar-refractivity contribution in [1.29, 1.82) is 0 Å². The van der Waals surface area contributed by atoms with E-state index in [0.717, 1.165) is 12.3 Å². The molecule has 0 radical (unpaired) electrons. The van der Waals surface area contributed by atoms with E-state index in [-0.39, 0.29) is 5.03 Å². The molecule has 0 aliphatic heterocycles. The van der Waals surface area contributed by atoms with Crippen LogP contribution in [0.4, 0.5) is 0 Å². The summed E-state index contributed by atoms with van der Waals surface area (Å²) in [6.45, 7) is -1.87. The minimum absolute atomic E-state index is 0.325. The van der Waals surface area contributed by atoms with E-state index in [1.54, 1.807) is 0 Å². The summed E-state index contributed by atoms with van der Waals surface area (Å²) >= 11 is 0. The molecule has 94 valence electrons. The third-order valence-corrected chi connectivity index (χ3v) is 3.44. The lowest BCUT2D eigenvalue weighted by Crippen LogP contribution is -2.39. The number of rotatable bonds is 6. The first kappa shape index (κ1) is 13.1. The van der Waals surface area contributed by atoms with Gasteiger partial charge in [0.05, 0.1) is 6.20 Å². The van der Waals surface area contributed by atoms with Gasteiger partial charge in [-0.15, -0.1) is 0 Å². The zero-order valence-electron chi connectivity index (χ0n) is 8.40. The maximum Gasteiger partial charge on any atom is 0.318 e. The molecule has 1 aromatic heterocycles. The molecule has 0 aliphatic carbocycles. The van der Waals surface area contributed by atoms with Gasteiger partial charge in [-0.3, -0.25) is 14.7 Å². The highest BCUT2D eigenvalue weighted by Gasteiger charge is 2.29. The first-order valence-electron chi connectivity index (χ1n) is 4.27. The summed E-state index contributed by atoms with van der Waals surface area (Å²) in [7, 11) is -4.19. The maximum absolute atomic E-state index is 11.8. The number of carboxylic acid groups (broad SMARTS) is 2. The average Bonchev–Trinajstić information content (AvgIpc) is 2.68. The van der Waals surface area contributed by atoms with Crippen LogP contribution in [0.25, 0.3) is 0 Å². The predicted octanol–water partition coefficient (Wildman–Crippen LogP) is -1.43. The fourth-order valence-corrected chi connectivity index (χ4v) is 2.29. The standard InChI is InChI=1S/C7H9N3O6S/c11-6(12)3-10(4-7(13)14)17(15,16)5-1-2-8-9-5/h1-2H,3-4H2,(H,8,9)(H,11,12)(H,13,14). The van der Waals surface area contributed by atoms with Crippen LogP contribution in [0.2, 0.25) is 0 Å². The van der Waals surface area contributed by atoms with Gasteiger partial charge in [-0.05, 0) is 6.07 Å². The van der Waals surface area contributed by atoms with Gasteiger partial charge in [0.15, 0.2) is 5.03 Å². The third kappa shape index (κ3) is 3.26. The van der Waals surface area contributed by atoms with Gasteiger partial charge < -0.3 is 10.2 Å². The SMILES string of the molecule is O=C(O)CN(CC(=O)O)S(=O)(=O)c1ccn[nH]1. The summed E-state index contributed by atoms with van der Waals surface area (Å²) in [5.41, 5.74) is 0. The van der Waals surface area contributed by atoms with Crippen molar-refractivity contribution in [2.45, 2.75) is 5.03 Å². The van der Waals surface area contributed by atoms with Crippen molar-refractivity contribution in [2.75, 3.05) is 13.1 Å². The molecule has 17 heavy (non-hydrogen) atoms. The Bertz CT molecular complexity index is 492. The van der Waals surface area contributed by atoms with E-state index in [9.17, 15) is 18.0 Å². The van der Waals surface area contributed by atoms with Crippen molar-refractivity contribution in [1.82, 2.24) is 14.5 Å². The number of aliphatic carboxylic acids is 2. The molecule has 1 aromatic rings. The fourth-order valence-electron chi connectivity index (χ4n) is 1.05. The Hall–Kier alpha value is -1.94. The van der Waals surface area contributed by atoms with E-state index >= 15 is 0 Å². The molecule has 0 aliphatic rings. The van der Waals surface area contributed by atoms with E-state index in [1.807, 2.05) is 0 Å². The van der Waals surface area contributed by atoms with Crippen molar-refractivity contribution in [3.63, 3.8) is 0 Å². The van der Waals surface area contributed by atoms with Crippen LogP contribution >= 0.6 is 0 Å². The van der Waals surface area contributed by atoms with Gasteiger partial charge in [0.25, 0.3) is 10.0 Å². The monoisotopic (exact) mass is 263 g/mol. The molecule has 0 bridgehead atoms. The van der Waals surface area contributed by atoms with Crippen LogP contribution in [0.15, 0.2) is 17.3 Å². The molecule has 0 saturated carbocycles. The molecule has 3 N–H and O–H groups in total. The number of aromatic amines is 1. The van der Waals surface area contributed by atoms with Gasteiger partial charge in [0.2, 0.25) is 0 Å². The lowest BCUT2D eigenvalue weighted by molar-refractivity contribution is -0.139. The number of sulfonamides is 1. The molecule has 0 amide bonds. The summed E-state index contributed by atoms with van der Waals surface area (Å²) < 4.78 is 23.9. The Kier molecular flexibility index (Phi) is 3.81. The van der Waals surface area contributed by atoms with E-state index in [0.29, 0.717) is 4.31 Å². The third-order valence-electron chi connectivity index (χ3n) is 1.72. The topological polar surface area (TPSA) is 141 Å². The molecule has 0 fully saturated rings. The highest BCUT2D eigenvalue weighted by atomic mass is 32.2. The Balaban J connectivity index is 3.04. The van der Waals surface area contributed by atoms with Crippen LogP contribution in [-0.4, -0.2) is 58.2 Å². The first-order valence-corrected chi connectivity index (χ1v) is 5.71. The van der Waals surface area contributed by atoms with Gasteiger partial charge in [-0.1, -0.05) is 0 Å². The zero-order valence-corrected chi connectivity index (χ0v) is 9.22. The quantitative estimate of drug-likeness (QED) is 0.571. The molecule has 0 aromatic carbocycles. The minimum Gasteiger partial charge on any atom is -0.480 e. The van der Waals surface area contributed by atoms with Gasteiger partial charge >= 0.3 is 11.9 Å². The van der Waals surface area contributed by atoms with Crippen LogP contribution in [0.3, 0.4) is 0 Å². The van der Waals surface area contributed by atoms with Crippen LogP contribution in [0, 0.1) is 0 Å². The van der Waals surface area contributed by atoms with Crippen molar-refractivity contribution >= 4 is 22.0 Å². The van der Waals surface area contributed by atoms with Gasteiger partial charge in [0.1, 0.15) is 13.1 Å². The summed E-state index contributed by atoms with van der Waals surface area (Å²) in [4.78, 5) is 21.0. The van der Waals surface area contributed by atoms with Gasteiger partial charge in [-0.25, -0.2) is 8.42 Å². The Labute approximate surface area is 95.7 Å². The van der Waals surface area contributed by atoms with Crippen molar-refractivity contribution in [3.8, 4) is 0 Å². The number of H-pyrrole nitrogens is 1. The number of aromatic nitrogens is 2. The Morgan fingerprint density at radius 3 is 2.18 bits per heavy atom. The first-order chi connectivity index (χ1) is 7.84. The molecule has 10 heteroatoms. The van der Waals surface area contributed by atoms with Crippen LogP contribution in [0.1, 0.15) is 0 Å². The van der Waals surface area contributed by atoms with E-state index in [1.165, 1.54) is 0 Å². The lowest BCUT2D eigenvalue weighted by atomic mass is 10.6. The summed E-state index contributed by atoms with van der Waals surface area (Å²) in [5, 5.41) is 22.2. The van der Waals surface area contributed by atoms with Gasteiger partial charge in [0, 0.05) is 0 Å². The zero-order chi connectivity index (χ0) is 13.1. The molecule has 1 rings (SSSR count). The largest absolute Gasteiger partial charge is 0.480 e. The maximum atomic E-state index is 11.8. The van der Waals surface area contributed by atoms with Crippen LogP contribution < -0.4 is 0 Å². The van der Waals surface area contributed by atoms with Crippen LogP contribution in [-0.2, 0) is 19.6 Å². The summed E-state index contributed by atoms with van der Waals surface area (Å²) in [6.07, 6.45) is 1.16. The van der Waals surface area contributed by atoms with Gasteiger partial charge in [-0.2, -0.15) is 9.40 Å². The molecule has 0 spiro atoms. The number of nitrogens with one attached hydrogen (secondary N) is 1. The van der Waals surface area contributed by atoms with E-state index < -0.39 is 35.1 Å². The lowest BCUT2D eigenvalue weighted by Gasteiger charge is -2.16. The molecular weight excluding hydrogens is 254 g/mol. The second-order valence-electron chi connectivity index (χ2n) is 2.98. The predicted molar refractivity (Wildman–Crippen MR) is 52.6 cm³/mol. The van der Waals surface area contributed by atoms with Crippen molar-refractivity contribution < 1.29 is 28.2 Å². The van der Waals surface area contributed by atoms with E-state index in [4.69, 9.17) is 10.2 Å². The second-order valence-corrected chi connectivity index (χ2v) is 4.89. The molecule has 0 atom stereocenters. The van der Waals surface area contributed by atoms with Crippen molar-refractivity contribution in [3.05, 3.63) is 12.3 Å². The second kappa shape index (κ2) is 4.93. The molecule has 0 unspecified atom stereocenters. The minimum atomic E-state index is -4.19. The number of carboxylic acids is 2. The fraction of sp³-hybridized carbons (Fsp3) is 0.286. The van der Waals surface area contributed by atoms with E-state index in [2.05, 4.69) is 10.2 Å². The number of nitrogens with zero attached hydrogens (tertiary/aromatic N) is 2. The average molecular weight is 263 g/mol. The normalized spacial score (nSPS) is 11.6. The number of hydrogen-bond donors (Lipinski definition) is 3. The smallest absolute Gasteiger partial charge is 0.318 e.